The van der Waals surface area contributed by atoms with E-state index in [2.05, 4.69) is 20.9 Å². The van der Waals surface area contributed by atoms with Crippen molar-refractivity contribution in [2.75, 3.05) is 7.11 Å². The molecule has 0 aliphatic heterocycles. The van der Waals surface area contributed by atoms with E-state index in [0.29, 0.717) is 0 Å². The van der Waals surface area contributed by atoms with Gasteiger partial charge in [-0.15, -0.1) is 0 Å². The average Bonchev–Trinajstić information content (AvgIpc) is 1.95. The lowest BCUT2D eigenvalue weighted by molar-refractivity contribution is 0.410. The van der Waals surface area contributed by atoms with Crippen LogP contribution in [0.5, 0.6) is 5.75 Å². The van der Waals surface area contributed by atoms with Crippen LogP contribution < -0.4 is 4.74 Å². The van der Waals surface area contributed by atoms with Crippen LogP contribution >= 0.6 is 15.9 Å². The highest BCUT2D eigenvalue weighted by Gasteiger charge is 2.00. The molecule has 0 saturated heterocycles. The van der Waals surface area contributed by atoms with E-state index in [9.17, 15) is 0 Å². The molecule has 0 atom stereocenters. The first-order valence-electron chi connectivity index (χ1n) is 2.91. The number of aromatic nitrogens is 1. The summed E-state index contributed by atoms with van der Waals surface area (Å²) in [5, 5.41) is 0. The molecule has 1 rings (SSSR count). The Bertz CT molecular complexity index is 237. The molecule has 54 valence electrons. The molecule has 0 unspecified atom stereocenters. The number of halogens is 1. The number of methoxy groups -OCH3 is 1. The molecular weight excluding hydrogens is 194 g/mol. The van der Waals surface area contributed by atoms with Crippen molar-refractivity contribution in [2.24, 2.45) is 0 Å². The Hall–Kier alpha value is -0.570. The lowest BCUT2D eigenvalue weighted by Crippen LogP contribution is -1.88. The summed E-state index contributed by atoms with van der Waals surface area (Å²) >= 11 is 3.30. The molecule has 1 heterocycles. The van der Waals surface area contributed by atoms with Crippen LogP contribution in [0.1, 0.15) is 5.56 Å². The van der Waals surface area contributed by atoms with Crippen molar-refractivity contribution in [3.63, 3.8) is 0 Å². The minimum Gasteiger partial charge on any atom is -0.496 e. The fraction of sp³-hybridized carbons (Fsp3) is 0.286. The highest BCUT2D eigenvalue weighted by atomic mass is 79.9. The van der Waals surface area contributed by atoms with E-state index >= 15 is 0 Å². The van der Waals surface area contributed by atoms with Crippen LogP contribution in [-0.4, -0.2) is 12.1 Å². The number of nitrogens with zero attached hydrogens (tertiary/aromatic N) is 1. The maximum absolute atomic E-state index is 5.06. The summed E-state index contributed by atoms with van der Waals surface area (Å²) in [6.45, 7) is 1.95. The van der Waals surface area contributed by atoms with Gasteiger partial charge in [-0.2, -0.15) is 0 Å². The van der Waals surface area contributed by atoms with E-state index in [1.807, 2.05) is 13.0 Å². The van der Waals surface area contributed by atoms with Crippen LogP contribution in [0, 0.1) is 6.92 Å². The molecule has 0 spiro atoms. The van der Waals surface area contributed by atoms with Gasteiger partial charge >= 0.3 is 0 Å². The Morgan fingerprint density at radius 1 is 1.60 bits per heavy atom. The van der Waals surface area contributed by atoms with Crippen molar-refractivity contribution in [1.29, 1.82) is 0 Å². The lowest BCUT2D eigenvalue weighted by atomic mass is 10.3. The second kappa shape index (κ2) is 3.01. The number of ether oxygens (including phenoxy) is 1. The van der Waals surface area contributed by atoms with Crippen molar-refractivity contribution >= 4 is 15.9 Å². The molecule has 0 N–H and O–H groups in total. The molecule has 0 radical (unpaired) electrons. The molecule has 0 aromatic carbocycles. The van der Waals surface area contributed by atoms with Crippen molar-refractivity contribution in [3.8, 4) is 5.75 Å². The number of pyridine rings is 1. The van der Waals surface area contributed by atoms with Crippen molar-refractivity contribution in [1.82, 2.24) is 4.98 Å². The van der Waals surface area contributed by atoms with Gasteiger partial charge in [-0.05, 0) is 28.9 Å². The van der Waals surface area contributed by atoms with E-state index in [0.717, 1.165) is 15.9 Å². The summed E-state index contributed by atoms with van der Waals surface area (Å²) < 4.78 is 5.90. The molecule has 3 heteroatoms. The lowest BCUT2D eigenvalue weighted by Gasteiger charge is -2.03. The van der Waals surface area contributed by atoms with Gasteiger partial charge in [0.25, 0.3) is 0 Å². The predicted molar refractivity (Wildman–Crippen MR) is 43.2 cm³/mol. The third-order valence-corrected chi connectivity index (χ3v) is 2.11. The van der Waals surface area contributed by atoms with Gasteiger partial charge in [0, 0.05) is 11.8 Å². The summed E-state index contributed by atoms with van der Waals surface area (Å²) in [5.41, 5.74) is 1.03. The van der Waals surface area contributed by atoms with Gasteiger partial charge in [0.15, 0.2) is 0 Å². The maximum atomic E-state index is 5.06. The van der Waals surface area contributed by atoms with Crippen molar-refractivity contribution in [2.45, 2.75) is 6.92 Å². The monoisotopic (exact) mass is 201 g/mol. The Kier molecular flexibility index (Phi) is 2.27. The highest BCUT2D eigenvalue weighted by Crippen LogP contribution is 2.22. The van der Waals surface area contributed by atoms with E-state index in [-0.39, 0.29) is 0 Å². The van der Waals surface area contributed by atoms with Gasteiger partial charge in [0.2, 0.25) is 0 Å². The van der Waals surface area contributed by atoms with E-state index in [4.69, 9.17) is 4.74 Å². The quantitative estimate of drug-likeness (QED) is 0.651. The fourth-order valence-electron chi connectivity index (χ4n) is 0.715. The number of rotatable bonds is 1. The van der Waals surface area contributed by atoms with Gasteiger partial charge in [-0.25, -0.2) is 4.98 Å². The Morgan fingerprint density at radius 2 is 2.30 bits per heavy atom. The van der Waals surface area contributed by atoms with Crippen molar-refractivity contribution < 1.29 is 4.74 Å². The smallest absolute Gasteiger partial charge is 0.126 e. The topological polar surface area (TPSA) is 22.1 Å². The minimum absolute atomic E-state index is 0.840. The van der Waals surface area contributed by atoms with Gasteiger partial charge in [-0.3, -0.25) is 0 Å². The largest absolute Gasteiger partial charge is 0.496 e. The van der Waals surface area contributed by atoms with Crippen molar-refractivity contribution in [3.05, 3.63) is 22.4 Å². The zero-order chi connectivity index (χ0) is 7.56. The van der Waals surface area contributed by atoms with E-state index in [1.165, 1.54) is 0 Å². The van der Waals surface area contributed by atoms with Gasteiger partial charge in [0.1, 0.15) is 10.4 Å². The standard InChI is InChI=1S/C7H8BrNO/c1-5-6(10-2)3-4-9-7(5)8/h3-4H,1-2H3. The van der Waals surface area contributed by atoms with Crippen LogP contribution in [0.3, 0.4) is 0 Å². The summed E-state index contributed by atoms with van der Waals surface area (Å²) in [5.74, 6) is 0.863. The zero-order valence-corrected chi connectivity index (χ0v) is 7.47. The average molecular weight is 202 g/mol. The van der Waals surface area contributed by atoms with E-state index < -0.39 is 0 Å². The maximum Gasteiger partial charge on any atom is 0.126 e. The SMILES string of the molecule is COc1ccnc(Br)c1C. The second-order valence-corrected chi connectivity index (χ2v) is 2.68. The fourth-order valence-corrected chi connectivity index (χ4v) is 1.03. The van der Waals surface area contributed by atoms with Crippen LogP contribution in [0.4, 0.5) is 0 Å². The van der Waals surface area contributed by atoms with Gasteiger partial charge < -0.3 is 4.74 Å². The first kappa shape index (κ1) is 7.54. The van der Waals surface area contributed by atoms with E-state index in [1.54, 1.807) is 13.3 Å². The molecule has 2 nitrogen and oxygen atoms in total. The van der Waals surface area contributed by atoms with Crippen LogP contribution in [0.2, 0.25) is 0 Å². The third-order valence-electron chi connectivity index (χ3n) is 1.31. The molecule has 0 saturated carbocycles. The Labute approximate surface area is 68.4 Å². The first-order chi connectivity index (χ1) is 4.75. The Morgan fingerprint density at radius 3 is 2.80 bits per heavy atom. The third kappa shape index (κ3) is 1.29. The summed E-state index contributed by atoms with van der Waals surface area (Å²) in [4.78, 5) is 4.02. The molecule has 0 aliphatic rings. The first-order valence-corrected chi connectivity index (χ1v) is 3.70. The van der Waals surface area contributed by atoms with Gasteiger partial charge in [0.05, 0.1) is 7.11 Å². The minimum atomic E-state index is 0.840. The predicted octanol–water partition coefficient (Wildman–Crippen LogP) is 2.16. The normalized spacial score (nSPS) is 9.50. The highest BCUT2D eigenvalue weighted by molar-refractivity contribution is 9.10. The molecule has 0 amide bonds. The van der Waals surface area contributed by atoms with Crippen LogP contribution in [0.15, 0.2) is 16.9 Å². The number of hydrogen-bond acceptors (Lipinski definition) is 2. The molecule has 0 bridgehead atoms. The summed E-state index contributed by atoms with van der Waals surface area (Å²) in [6.07, 6.45) is 1.70. The van der Waals surface area contributed by atoms with Gasteiger partial charge in [-0.1, -0.05) is 0 Å². The summed E-state index contributed by atoms with van der Waals surface area (Å²) in [7, 11) is 1.65. The molecule has 0 aliphatic carbocycles. The van der Waals surface area contributed by atoms with Crippen LogP contribution in [-0.2, 0) is 0 Å². The van der Waals surface area contributed by atoms with Crippen LogP contribution in [0.25, 0.3) is 0 Å². The molecular formula is C7H8BrNO. The molecule has 1 aromatic rings. The Balaban J connectivity index is 3.14. The molecule has 0 fully saturated rings. The second-order valence-electron chi connectivity index (χ2n) is 1.93. The molecule has 10 heavy (non-hydrogen) atoms. The molecule has 1 aromatic heterocycles. The number of hydrogen-bond donors (Lipinski definition) is 0. The summed E-state index contributed by atoms with van der Waals surface area (Å²) in [6, 6.07) is 1.83. The zero-order valence-electron chi connectivity index (χ0n) is 5.89.